The summed E-state index contributed by atoms with van der Waals surface area (Å²) in [6.07, 6.45) is 7.82. The first-order valence-corrected chi connectivity index (χ1v) is 12.6. The van der Waals surface area contributed by atoms with E-state index in [1.165, 1.54) is 3.78 Å². The molecule has 0 amide bonds. The summed E-state index contributed by atoms with van der Waals surface area (Å²) in [4.78, 5) is 0. The summed E-state index contributed by atoms with van der Waals surface area (Å²) in [5.74, 6) is 0. The van der Waals surface area contributed by atoms with Crippen LogP contribution in [0.5, 0.6) is 0 Å². The van der Waals surface area contributed by atoms with Crippen LogP contribution in [0.1, 0.15) is 0 Å². The average molecular weight is 309 g/mol. The van der Waals surface area contributed by atoms with Gasteiger partial charge in [0.05, 0.1) is 0 Å². The van der Waals surface area contributed by atoms with Gasteiger partial charge < -0.3 is 0 Å². The van der Waals surface area contributed by atoms with E-state index in [1.807, 2.05) is 24.3 Å². The van der Waals surface area contributed by atoms with Crippen molar-refractivity contribution in [2.75, 3.05) is 0 Å². The molecule has 2 heteroatoms. The molecular weight excluding hydrogens is 291 g/mol. The Labute approximate surface area is 96.1 Å². The predicted octanol–water partition coefficient (Wildman–Crippen LogP) is 3.49. The fraction of sp³-hybridized carbons (Fsp3) is 0.231. The van der Waals surface area contributed by atoms with Crippen molar-refractivity contribution in [3.05, 3.63) is 56.4 Å². The fourth-order valence-corrected chi connectivity index (χ4v) is 12.0. The quantitative estimate of drug-likeness (QED) is 0.555. The zero-order valence-corrected chi connectivity index (χ0v) is 12.0. The van der Waals surface area contributed by atoms with Gasteiger partial charge in [-0.05, 0) is 0 Å². The van der Waals surface area contributed by atoms with E-state index < -0.39 is 18.4 Å². The Bertz CT molecular complexity index is 298. The summed E-state index contributed by atoms with van der Waals surface area (Å²) in [5.41, 5.74) is 0. The van der Waals surface area contributed by atoms with Crippen molar-refractivity contribution in [3.63, 3.8) is 0 Å². The van der Waals surface area contributed by atoms with Gasteiger partial charge in [0.15, 0.2) is 0 Å². The standard InChI is InChI=1S/C4H3O.3C3H5.Sn/c1-2-4-5-3-1;3*1-3-2;/h1-3H;3*3H,1-2H2;. The normalized spacial score (nSPS) is 10.9. The monoisotopic (exact) mass is 310 g/mol. The van der Waals surface area contributed by atoms with Gasteiger partial charge >= 0.3 is 96.2 Å². The summed E-state index contributed by atoms with van der Waals surface area (Å²) >= 11 is -2.46. The molecule has 0 atom stereocenters. The first-order valence-electron chi connectivity index (χ1n) is 5.16. The van der Waals surface area contributed by atoms with Crippen LogP contribution in [0.25, 0.3) is 0 Å². The third kappa shape index (κ3) is 2.88. The number of allylic oxidation sites excluding steroid dienone is 3. The second-order valence-corrected chi connectivity index (χ2v) is 15.9. The molecule has 0 saturated carbocycles. The van der Waals surface area contributed by atoms with Crippen LogP contribution in [0.2, 0.25) is 13.3 Å². The van der Waals surface area contributed by atoms with Crippen LogP contribution in [0.15, 0.2) is 60.8 Å². The molecule has 15 heavy (non-hydrogen) atoms. The minimum atomic E-state index is -2.46. The van der Waals surface area contributed by atoms with Gasteiger partial charge in [0, 0.05) is 0 Å². The number of hydrogen-bond donors (Lipinski definition) is 0. The summed E-state index contributed by atoms with van der Waals surface area (Å²) in [6, 6.07) is 4.07. The Balaban J connectivity index is 3.05. The molecule has 1 heterocycles. The van der Waals surface area contributed by atoms with Crippen molar-refractivity contribution < 1.29 is 4.42 Å². The molecule has 0 radical (unpaired) electrons. The Kier molecular flexibility index (Phi) is 4.95. The van der Waals surface area contributed by atoms with Crippen molar-refractivity contribution in [1.82, 2.24) is 0 Å². The molecule has 80 valence electrons. The summed E-state index contributed by atoms with van der Waals surface area (Å²) in [6.45, 7) is 11.6. The van der Waals surface area contributed by atoms with Gasteiger partial charge in [0.25, 0.3) is 0 Å². The second-order valence-electron chi connectivity index (χ2n) is 3.74. The predicted molar refractivity (Wildman–Crippen MR) is 69.1 cm³/mol. The van der Waals surface area contributed by atoms with Crippen molar-refractivity contribution >= 4 is 22.2 Å². The van der Waals surface area contributed by atoms with E-state index in [9.17, 15) is 0 Å². The first-order chi connectivity index (χ1) is 7.29. The zero-order valence-electron chi connectivity index (χ0n) is 9.11. The minimum absolute atomic E-state index is 1.08. The van der Waals surface area contributed by atoms with Gasteiger partial charge in [0.2, 0.25) is 0 Å². The van der Waals surface area contributed by atoms with Crippen molar-refractivity contribution in [1.29, 1.82) is 0 Å². The van der Waals surface area contributed by atoms with E-state index in [0.29, 0.717) is 0 Å². The van der Waals surface area contributed by atoms with Crippen LogP contribution in [0, 0.1) is 0 Å². The molecule has 0 aliphatic heterocycles. The summed E-state index contributed by atoms with van der Waals surface area (Å²) < 4.78 is 10.1. The topological polar surface area (TPSA) is 13.1 Å². The van der Waals surface area contributed by atoms with Crippen LogP contribution in [0.3, 0.4) is 0 Å². The molecule has 0 aliphatic carbocycles. The Hall–Kier alpha value is -0.701. The van der Waals surface area contributed by atoms with Gasteiger partial charge in [-0.25, -0.2) is 0 Å². The van der Waals surface area contributed by atoms with E-state index in [1.54, 1.807) is 6.26 Å². The van der Waals surface area contributed by atoms with E-state index in [2.05, 4.69) is 25.8 Å². The van der Waals surface area contributed by atoms with E-state index >= 15 is 0 Å². The molecule has 0 N–H and O–H groups in total. The molecule has 0 bridgehead atoms. The van der Waals surface area contributed by atoms with Gasteiger partial charge in [-0.2, -0.15) is 0 Å². The molecule has 0 unspecified atom stereocenters. The maximum atomic E-state index is 5.61. The third-order valence-electron chi connectivity index (χ3n) is 2.65. The van der Waals surface area contributed by atoms with Crippen LogP contribution >= 0.6 is 0 Å². The summed E-state index contributed by atoms with van der Waals surface area (Å²) in [5, 5.41) is 0. The fourth-order valence-electron chi connectivity index (χ4n) is 1.96. The molecule has 0 aliphatic rings. The molecule has 1 aromatic rings. The number of hydrogen-bond acceptors (Lipinski definition) is 1. The van der Waals surface area contributed by atoms with E-state index in [0.717, 1.165) is 13.3 Å². The molecule has 1 rings (SSSR count). The van der Waals surface area contributed by atoms with Crippen molar-refractivity contribution in [3.8, 4) is 0 Å². The molecular formula is C13H18OSn. The average Bonchev–Trinajstić information content (AvgIpc) is 2.72. The Morgan fingerprint density at radius 1 is 1.07 bits per heavy atom. The van der Waals surface area contributed by atoms with Gasteiger partial charge in [0.1, 0.15) is 0 Å². The molecule has 1 nitrogen and oxygen atoms in total. The van der Waals surface area contributed by atoms with Crippen molar-refractivity contribution in [2.45, 2.75) is 13.3 Å². The third-order valence-corrected chi connectivity index (χ3v) is 15.6. The molecule has 0 saturated heterocycles. The second kappa shape index (κ2) is 6.01. The molecule has 0 aromatic carbocycles. The van der Waals surface area contributed by atoms with E-state index in [4.69, 9.17) is 4.42 Å². The number of furan rings is 1. The Morgan fingerprint density at radius 2 is 1.60 bits per heavy atom. The molecule has 0 spiro atoms. The number of rotatable bonds is 7. The molecule has 1 aromatic heterocycles. The van der Waals surface area contributed by atoms with Crippen LogP contribution in [-0.4, -0.2) is 18.4 Å². The van der Waals surface area contributed by atoms with E-state index in [-0.39, 0.29) is 0 Å². The van der Waals surface area contributed by atoms with Crippen LogP contribution < -0.4 is 3.78 Å². The SMILES string of the molecule is C=C[CH2][Sn]([CH2]C=C)([CH2]C=C)[c]1ccco1. The van der Waals surface area contributed by atoms with Crippen LogP contribution in [0.4, 0.5) is 0 Å². The molecule has 0 fully saturated rings. The van der Waals surface area contributed by atoms with Crippen LogP contribution in [-0.2, 0) is 0 Å². The maximum absolute atomic E-state index is 5.61. The zero-order chi connectivity index (χ0) is 11.1. The van der Waals surface area contributed by atoms with Gasteiger partial charge in [-0.15, -0.1) is 0 Å². The summed E-state index contributed by atoms with van der Waals surface area (Å²) in [7, 11) is 0. The Morgan fingerprint density at radius 3 is 1.93 bits per heavy atom. The van der Waals surface area contributed by atoms with Gasteiger partial charge in [-0.3, -0.25) is 0 Å². The van der Waals surface area contributed by atoms with Crippen molar-refractivity contribution in [2.24, 2.45) is 0 Å². The van der Waals surface area contributed by atoms with Gasteiger partial charge in [-0.1, -0.05) is 0 Å². The first kappa shape index (κ1) is 12.4.